The average molecular weight is 325 g/mol. The van der Waals surface area contributed by atoms with Gasteiger partial charge in [-0.25, -0.2) is 13.1 Å². The molecule has 0 radical (unpaired) electrons. The van der Waals surface area contributed by atoms with E-state index in [4.69, 9.17) is 0 Å². The van der Waals surface area contributed by atoms with E-state index >= 15 is 0 Å². The number of aliphatic hydroxyl groups is 1. The van der Waals surface area contributed by atoms with Crippen LogP contribution in [0.15, 0.2) is 29.2 Å². The maximum Gasteiger partial charge on any atom is 0.416 e. The zero-order chi connectivity index (χ0) is 16.3. The van der Waals surface area contributed by atoms with E-state index in [2.05, 4.69) is 4.72 Å². The summed E-state index contributed by atoms with van der Waals surface area (Å²) in [7, 11) is -3.99. The lowest BCUT2D eigenvalue weighted by Gasteiger charge is -2.30. The van der Waals surface area contributed by atoms with E-state index in [0.29, 0.717) is 25.0 Å². The maximum absolute atomic E-state index is 12.5. The van der Waals surface area contributed by atoms with Gasteiger partial charge in [0.15, 0.2) is 0 Å². The van der Waals surface area contributed by atoms with Crippen molar-refractivity contribution in [1.29, 1.82) is 0 Å². The van der Waals surface area contributed by atoms with Crippen molar-refractivity contribution >= 4 is 10.0 Å². The Morgan fingerprint density at radius 3 is 1.90 bits per heavy atom. The SMILES string of the molecule is CCC(CC)(CO)NS(=O)(=O)c1ccc(C(F)(F)F)cc1. The molecule has 0 saturated heterocycles. The van der Waals surface area contributed by atoms with Crippen LogP contribution in [0.5, 0.6) is 0 Å². The van der Waals surface area contributed by atoms with Crippen molar-refractivity contribution in [2.45, 2.75) is 43.3 Å². The van der Waals surface area contributed by atoms with E-state index in [1.807, 2.05) is 0 Å². The molecule has 8 heteroatoms. The number of hydrogen-bond acceptors (Lipinski definition) is 3. The molecule has 0 amide bonds. The van der Waals surface area contributed by atoms with Crippen LogP contribution >= 0.6 is 0 Å². The molecule has 0 aliphatic heterocycles. The lowest BCUT2D eigenvalue weighted by atomic mass is 9.96. The van der Waals surface area contributed by atoms with Gasteiger partial charge in [-0.2, -0.15) is 13.2 Å². The van der Waals surface area contributed by atoms with Crippen LogP contribution in [0, 0.1) is 0 Å². The first kappa shape index (κ1) is 17.9. The Bertz CT molecular complexity index is 555. The standard InChI is InChI=1S/C13H18F3NO3S/c1-3-12(4-2,9-18)17-21(19,20)11-7-5-10(6-8-11)13(14,15)16/h5-8,17-18H,3-4,9H2,1-2H3. The highest BCUT2D eigenvalue weighted by atomic mass is 32.2. The fraction of sp³-hybridized carbons (Fsp3) is 0.538. The fourth-order valence-corrected chi connectivity index (χ4v) is 3.35. The number of nitrogens with one attached hydrogen (secondary N) is 1. The molecule has 1 aromatic carbocycles. The summed E-state index contributed by atoms with van der Waals surface area (Å²) in [5.74, 6) is 0. The first-order valence-electron chi connectivity index (χ1n) is 6.42. The molecule has 0 aliphatic carbocycles. The molecule has 4 nitrogen and oxygen atoms in total. The fourth-order valence-electron chi connectivity index (χ4n) is 1.82. The summed E-state index contributed by atoms with van der Waals surface area (Å²) in [6, 6.07) is 3.23. The highest BCUT2D eigenvalue weighted by Gasteiger charge is 2.33. The van der Waals surface area contributed by atoms with Crippen LogP contribution in [-0.4, -0.2) is 25.7 Å². The van der Waals surface area contributed by atoms with Gasteiger partial charge in [0, 0.05) is 0 Å². The van der Waals surface area contributed by atoms with Gasteiger partial charge >= 0.3 is 6.18 Å². The number of halogens is 3. The molecule has 0 aromatic heterocycles. The Balaban J connectivity index is 3.09. The molecule has 0 bridgehead atoms. The van der Waals surface area contributed by atoms with E-state index in [9.17, 15) is 26.7 Å². The summed E-state index contributed by atoms with van der Waals surface area (Å²) in [5.41, 5.74) is -1.93. The second kappa shape index (κ2) is 6.33. The van der Waals surface area contributed by atoms with Gasteiger partial charge in [-0.05, 0) is 37.1 Å². The smallest absolute Gasteiger partial charge is 0.394 e. The largest absolute Gasteiger partial charge is 0.416 e. The molecule has 0 atom stereocenters. The zero-order valence-electron chi connectivity index (χ0n) is 11.7. The summed E-state index contributed by atoms with van der Waals surface area (Å²) in [4.78, 5) is -0.268. The molecule has 1 aromatic rings. The maximum atomic E-state index is 12.5. The van der Waals surface area contributed by atoms with Crippen molar-refractivity contribution in [1.82, 2.24) is 4.72 Å². The van der Waals surface area contributed by atoms with Gasteiger partial charge in [0.05, 0.1) is 22.6 Å². The highest BCUT2D eigenvalue weighted by Crippen LogP contribution is 2.30. The molecule has 2 N–H and O–H groups in total. The van der Waals surface area contributed by atoms with Gasteiger partial charge in [-0.1, -0.05) is 13.8 Å². The van der Waals surface area contributed by atoms with Crippen LogP contribution in [-0.2, 0) is 16.2 Å². The second-order valence-electron chi connectivity index (χ2n) is 4.77. The second-order valence-corrected chi connectivity index (χ2v) is 6.46. The van der Waals surface area contributed by atoms with Crippen molar-refractivity contribution in [3.8, 4) is 0 Å². The Kier molecular flexibility index (Phi) is 5.40. The third-order valence-electron chi connectivity index (χ3n) is 3.50. The molecule has 1 rings (SSSR count). The first-order valence-corrected chi connectivity index (χ1v) is 7.90. The van der Waals surface area contributed by atoms with E-state index in [-0.39, 0.29) is 11.5 Å². The number of benzene rings is 1. The van der Waals surface area contributed by atoms with Gasteiger partial charge in [0.2, 0.25) is 10.0 Å². The molecule has 120 valence electrons. The summed E-state index contributed by atoms with van der Waals surface area (Å²) in [6.45, 7) is 3.05. The van der Waals surface area contributed by atoms with E-state index in [0.717, 1.165) is 12.1 Å². The molecule has 0 spiro atoms. The Hall–Kier alpha value is -1.12. The Morgan fingerprint density at radius 2 is 1.57 bits per heavy atom. The average Bonchev–Trinajstić information content (AvgIpc) is 2.44. The Labute approximate surface area is 122 Å². The Morgan fingerprint density at radius 1 is 1.10 bits per heavy atom. The molecule has 0 heterocycles. The van der Waals surface area contributed by atoms with Crippen molar-refractivity contribution in [3.63, 3.8) is 0 Å². The lowest BCUT2D eigenvalue weighted by Crippen LogP contribution is -2.50. The third kappa shape index (κ3) is 4.18. The predicted octanol–water partition coefficient (Wildman–Crippen LogP) is 2.53. The third-order valence-corrected chi connectivity index (χ3v) is 5.09. The van der Waals surface area contributed by atoms with Crippen LogP contribution in [0.1, 0.15) is 32.3 Å². The van der Waals surface area contributed by atoms with Gasteiger partial charge < -0.3 is 5.11 Å². The number of aliphatic hydroxyl groups excluding tert-OH is 1. The number of alkyl halides is 3. The summed E-state index contributed by atoms with van der Waals surface area (Å²) in [6.07, 6.45) is -3.79. The van der Waals surface area contributed by atoms with E-state index < -0.39 is 27.3 Å². The van der Waals surface area contributed by atoms with Crippen LogP contribution in [0.25, 0.3) is 0 Å². The molecule has 0 saturated carbocycles. The van der Waals surface area contributed by atoms with E-state index in [1.165, 1.54) is 0 Å². The molecule has 0 fully saturated rings. The molecule has 0 aliphatic rings. The summed E-state index contributed by atoms with van der Waals surface area (Å²) < 4.78 is 64.1. The minimum absolute atomic E-state index is 0.268. The van der Waals surface area contributed by atoms with Crippen molar-refractivity contribution in [2.75, 3.05) is 6.61 Å². The van der Waals surface area contributed by atoms with Crippen LogP contribution in [0.4, 0.5) is 13.2 Å². The summed E-state index contributed by atoms with van der Waals surface area (Å²) >= 11 is 0. The van der Waals surface area contributed by atoms with Crippen LogP contribution in [0.2, 0.25) is 0 Å². The quantitative estimate of drug-likeness (QED) is 0.845. The normalized spacial score (nSPS) is 13.4. The van der Waals surface area contributed by atoms with Crippen LogP contribution < -0.4 is 4.72 Å². The zero-order valence-corrected chi connectivity index (χ0v) is 12.6. The molecule has 21 heavy (non-hydrogen) atoms. The van der Waals surface area contributed by atoms with Crippen molar-refractivity contribution < 1.29 is 26.7 Å². The van der Waals surface area contributed by atoms with Crippen molar-refractivity contribution in [2.24, 2.45) is 0 Å². The van der Waals surface area contributed by atoms with Crippen LogP contribution in [0.3, 0.4) is 0 Å². The van der Waals surface area contributed by atoms with Crippen molar-refractivity contribution in [3.05, 3.63) is 29.8 Å². The monoisotopic (exact) mass is 325 g/mol. The number of sulfonamides is 1. The van der Waals surface area contributed by atoms with Gasteiger partial charge in [-0.15, -0.1) is 0 Å². The lowest BCUT2D eigenvalue weighted by molar-refractivity contribution is -0.137. The minimum atomic E-state index is -4.52. The van der Waals surface area contributed by atoms with Gasteiger partial charge in [-0.3, -0.25) is 0 Å². The topological polar surface area (TPSA) is 66.4 Å². The summed E-state index contributed by atoms with van der Waals surface area (Å²) in [5, 5.41) is 9.36. The van der Waals surface area contributed by atoms with Gasteiger partial charge in [0.25, 0.3) is 0 Å². The minimum Gasteiger partial charge on any atom is -0.394 e. The first-order chi connectivity index (χ1) is 9.60. The molecular formula is C13H18F3NO3S. The molecular weight excluding hydrogens is 307 g/mol. The predicted molar refractivity (Wildman–Crippen MR) is 72.2 cm³/mol. The number of rotatable bonds is 6. The molecule has 0 unspecified atom stereocenters. The number of hydrogen-bond donors (Lipinski definition) is 2. The van der Waals surface area contributed by atoms with E-state index in [1.54, 1.807) is 13.8 Å². The van der Waals surface area contributed by atoms with Gasteiger partial charge in [0.1, 0.15) is 0 Å². The highest BCUT2D eigenvalue weighted by molar-refractivity contribution is 7.89.